The van der Waals surface area contributed by atoms with Gasteiger partial charge in [-0.3, -0.25) is 5.43 Å². The van der Waals surface area contributed by atoms with Crippen LogP contribution in [0, 0.1) is 0 Å². The lowest BCUT2D eigenvalue weighted by molar-refractivity contribution is -0.159. The maximum absolute atomic E-state index is 11.9. The van der Waals surface area contributed by atoms with E-state index in [4.69, 9.17) is 14.6 Å². The van der Waals surface area contributed by atoms with Gasteiger partial charge in [-0.1, -0.05) is 0 Å². The smallest absolute Gasteiger partial charge is 0.332 e. The van der Waals surface area contributed by atoms with Crippen molar-refractivity contribution in [3.63, 3.8) is 0 Å². The summed E-state index contributed by atoms with van der Waals surface area (Å²) in [7, 11) is 0. The van der Waals surface area contributed by atoms with Crippen LogP contribution in [0.3, 0.4) is 0 Å². The molecule has 2 saturated heterocycles. The number of amides is 2. The number of carbonyl (C=O) groups is 2. The summed E-state index contributed by atoms with van der Waals surface area (Å²) in [5.74, 6) is -1.00. The summed E-state index contributed by atoms with van der Waals surface area (Å²) in [5.41, 5.74) is 2.24. The summed E-state index contributed by atoms with van der Waals surface area (Å²) in [6, 6.07) is -0.182. The number of carbonyl (C=O) groups excluding carboxylic acids is 1. The number of ether oxygens (including phenoxy) is 2. The third-order valence-corrected chi connectivity index (χ3v) is 3.15. The Kier molecular flexibility index (Phi) is 4.23. The molecule has 0 spiro atoms. The zero-order chi connectivity index (χ0) is 13.9. The molecule has 0 atom stereocenters. The summed E-state index contributed by atoms with van der Waals surface area (Å²) in [6.45, 7) is 4.83. The molecule has 2 aliphatic rings. The van der Waals surface area contributed by atoms with Gasteiger partial charge in [0.05, 0.1) is 26.3 Å². The second-order valence-electron chi connectivity index (χ2n) is 5.00. The molecule has 2 aliphatic heterocycles. The maximum Gasteiger partial charge on any atom is 0.332 e. The fourth-order valence-corrected chi connectivity index (χ4v) is 2.11. The molecule has 0 saturated carbocycles. The fourth-order valence-electron chi connectivity index (χ4n) is 2.11. The highest BCUT2D eigenvalue weighted by Crippen LogP contribution is 2.24. The monoisotopic (exact) mass is 273 g/mol. The van der Waals surface area contributed by atoms with Gasteiger partial charge in [0, 0.05) is 13.1 Å². The van der Waals surface area contributed by atoms with E-state index in [1.807, 2.05) is 5.01 Å². The second kappa shape index (κ2) is 5.72. The molecular weight excluding hydrogens is 254 g/mol. The van der Waals surface area contributed by atoms with E-state index in [9.17, 15) is 9.59 Å². The van der Waals surface area contributed by atoms with Gasteiger partial charge in [0.1, 0.15) is 12.2 Å². The second-order valence-corrected chi connectivity index (χ2v) is 5.00. The predicted octanol–water partition coefficient (Wildman–Crippen LogP) is -0.881. The first-order chi connectivity index (χ1) is 8.98. The summed E-state index contributed by atoms with van der Waals surface area (Å²) < 4.78 is 10.4. The van der Waals surface area contributed by atoms with Gasteiger partial charge in [-0.15, -0.1) is 0 Å². The molecule has 0 aromatic heterocycles. The maximum atomic E-state index is 11.9. The van der Waals surface area contributed by atoms with Gasteiger partial charge in [0.15, 0.2) is 0 Å². The predicted molar refractivity (Wildman–Crippen MR) is 64.5 cm³/mol. The van der Waals surface area contributed by atoms with E-state index in [0.717, 1.165) is 0 Å². The topological polar surface area (TPSA) is 91.3 Å². The first-order valence-corrected chi connectivity index (χ1v) is 6.22. The molecule has 0 bridgehead atoms. The summed E-state index contributed by atoms with van der Waals surface area (Å²) >= 11 is 0. The van der Waals surface area contributed by atoms with Crippen molar-refractivity contribution in [2.75, 3.05) is 46.0 Å². The van der Waals surface area contributed by atoms with Crippen molar-refractivity contribution in [3.05, 3.63) is 0 Å². The number of morpholine rings is 1. The van der Waals surface area contributed by atoms with Crippen LogP contribution in [0.15, 0.2) is 0 Å². The van der Waals surface area contributed by atoms with Gasteiger partial charge in [0.25, 0.3) is 0 Å². The largest absolute Gasteiger partial charge is 0.480 e. The van der Waals surface area contributed by atoms with E-state index in [1.165, 1.54) is 0 Å². The molecule has 0 radical (unpaired) electrons. The SMILES string of the molecule is CC1(OCC(=O)O)CN(C(=O)NN2CCOCC2)C1. The summed E-state index contributed by atoms with van der Waals surface area (Å²) in [4.78, 5) is 23.9. The Balaban J connectivity index is 1.70. The minimum atomic E-state index is -1.00. The fraction of sp³-hybridized carbons (Fsp3) is 0.818. The van der Waals surface area contributed by atoms with Gasteiger partial charge >= 0.3 is 12.0 Å². The first kappa shape index (κ1) is 14.0. The number of nitrogens with one attached hydrogen (secondary N) is 1. The number of carboxylic acid groups (broad SMARTS) is 1. The van der Waals surface area contributed by atoms with Crippen molar-refractivity contribution in [2.24, 2.45) is 0 Å². The van der Waals surface area contributed by atoms with Gasteiger partial charge in [-0.05, 0) is 6.92 Å². The molecule has 2 N–H and O–H groups in total. The number of hydrogen-bond acceptors (Lipinski definition) is 5. The van der Waals surface area contributed by atoms with E-state index in [2.05, 4.69) is 5.43 Å². The number of hydrogen-bond donors (Lipinski definition) is 2. The number of aliphatic carboxylic acids is 1. The Morgan fingerprint density at radius 1 is 1.37 bits per heavy atom. The molecule has 0 aromatic rings. The minimum absolute atomic E-state index is 0.182. The molecule has 0 aromatic carbocycles. The minimum Gasteiger partial charge on any atom is -0.480 e. The average molecular weight is 273 g/mol. The van der Waals surface area contributed by atoms with Crippen molar-refractivity contribution >= 4 is 12.0 Å². The van der Waals surface area contributed by atoms with Crippen LogP contribution in [-0.4, -0.2) is 78.6 Å². The molecular formula is C11H19N3O5. The van der Waals surface area contributed by atoms with Crippen LogP contribution in [0.1, 0.15) is 6.92 Å². The van der Waals surface area contributed by atoms with Crippen molar-refractivity contribution in [2.45, 2.75) is 12.5 Å². The Labute approximate surface area is 111 Å². The third-order valence-electron chi connectivity index (χ3n) is 3.15. The van der Waals surface area contributed by atoms with E-state index < -0.39 is 11.6 Å². The highest BCUT2D eigenvalue weighted by Gasteiger charge is 2.43. The molecule has 2 heterocycles. The van der Waals surface area contributed by atoms with Crippen molar-refractivity contribution in [1.29, 1.82) is 0 Å². The van der Waals surface area contributed by atoms with E-state index in [1.54, 1.807) is 11.8 Å². The molecule has 2 fully saturated rings. The molecule has 8 heteroatoms. The van der Waals surface area contributed by atoms with Gasteiger partial charge in [0.2, 0.25) is 0 Å². The Morgan fingerprint density at radius 3 is 2.58 bits per heavy atom. The Morgan fingerprint density at radius 2 is 2.00 bits per heavy atom. The number of urea groups is 1. The number of rotatable bonds is 4. The van der Waals surface area contributed by atoms with Crippen LogP contribution >= 0.6 is 0 Å². The van der Waals surface area contributed by atoms with Gasteiger partial charge < -0.3 is 19.5 Å². The molecule has 0 aliphatic carbocycles. The normalized spacial score (nSPS) is 22.7. The number of hydrazine groups is 1. The van der Waals surface area contributed by atoms with Crippen LogP contribution in [-0.2, 0) is 14.3 Å². The zero-order valence-corrected chi connectivity index (χ0v) is 10.9. The van der Waals surface area contributed by atoms with Crippen LogP contribution in [0.25, 0.3) is 0 Å². The van der Waals surface area contributed by atoms with Crippen LogP contribution in [0.5, 0.6) is 0 Å². The lowest BCUT2D eigenvalue weighted by atomic mass is 9.97. The highest BCUT2D eigenvalue weighted by atomic mass is 16.5. The molecule has 19 heavy (non-hydrogen) atoms. The molecule has 0 unspecified atom stereocenters. The lowest BCUT2D eigenvalue weighted by Gasteiger charge is -2.47. The number of likely N-dealkylation sites (tertiary alicyclic amines) is 1. The third kappa shape index (κ3) is 3.79. The molecule has 8 nitrogen and oxygen atoms in total. The molecule has 2 amide bonds. The van der Waals surface area contributed by atoms with E-state index in [0.29, 0.717) is 39.4 Å². The summed E-state index contributed by atoms with van der Waals surface area (Å²) in [5, 5.41) is 10.4. The zero-order valence-electron chi connectivity index (χ0n) is 10.9. The standard InChI is InChI=1S/C11H19N3O5/c1-11(19-6-9(15)16)7-13(8-11)10(17)12-14-2-4-18-5-3-14/h2-8H2,1H3,(H,12,17)(H,15,16). The Bertz CT molecular complexity index is 350. The highest BCUT2D eigenvalue weighted by molar-refractivity contribution is 5.75. The molecule has 108 valence electrons. The number of carboxylic acids is 1. The lowest BCUT2D eigenvalue weighted by Crippen LogP contribution is -2.67. The van der Waals surface area contributed by atoms with Crippen LogP contribution in [0.2, 0.25) is 0 Å². The first-order valence-electron chi connectivity index (χ1n) is 6.22. The summed E-state index contributed by atoms with van der Waals surface area (Å²) in [6.07, 6.45) is 0. The van der Waals surface area contributed by atoms with E-state index >= 15 is 0 Å². The van der Waals surface area contributed by atoms with Crippen LogP contribution in [0.4, 0.5) is 4.79 Å². The van der Waals surface area contributed by atoms with Crippen LogP contribution < -0.4 is 5.43 Å². The quantitative estimate of drug-likeness (QED) is 0.691. The Hall–Kier alpha value is -1.38. The van der Waals surface area contributed by atoms with Crippen molar-refractivity contribution in [3.8, 4) is 0 Å². The van der Waals surface area contributed by atoms with Crippen molar-refractivity contribution in [1.82, 2.24) is 15.3 Å². The van der Waals surface area contributed by atoms with Gasteiger partial charge in [-0.25, -0.2) is 14.6 Å². The van der Waals surface area contributed by atoms with E-state index in [-0.39, 0.29) is 12.6 Å². The van der Waals surface area contributed by atoms with Crippen molar-refractivity contribution < 1.29 is 24.2 Å². The molecule has 2 rings (SSSR count). The number of nitrogens with zero attached hydrogens (tertiary/aromatic N) is 2. The average Bonchev–Trinajstić information content (AvgIpc) is 2.34. The van der Waals surface area contributed by atoms with Gasteiger partial charge in [-0.2, -0.15) is 0 Å².